The highest BCUT2D eigenvalue weighted by molar-refractivity contribution is 7.92. The molecule has 7 nitrogen and oxygen atoms in total. The lowest BCUT2D eigenvalue weighted by Gasteiger charge is -2.33. The molecule has 2 amide bonds. The zero-order chi connectivity index (χ0) is 31.0. The predicted molar refractivity (Wildman–Crippen MR) is 173 cm³/mol. The van der Waals surface area contributed by atoms with Gasteiger partial charge < -0.3 is 10.2 Å². The van der Waals surface area contributed by atoms with Crippen LogP contribution in [0.15, 0.2) is 72.8 Å². The second-order valence-corrected chi connectivity index (χ2v) is 13.8. The Morgan fingerprint density at radius 1 is 0.884 bits per heavy atom. The van der Waals surface area contributed by atoms with E-state index in [0.29, 0.717) is 25.1 Å². The van der Waals surface area contributed by atoms with Crippen molar-refractivity contribution in [3.05, 3.63) is 101 Å². The van der Waals surface area contributed by atoms with Gasteiger partial charge in [-0.15, -0.1) is 0 Å². The predicted octanol–water partition coefficient (Wildman–Crippen LogP) is 5.86. The number of carbonyl (C=O) groups excluding carboxylic acids is 2. The summed E-state index contributed by atoms with van der Waals surface area (Å²) in [5, 5.41) is 3.24. The number of amides is 2. The molecule has 0 saturated heterocycles. The van der Waals surface area contributed by atoms with Crippen molar-refractivity contribution in [3.8, 4) is 0 Å². The molecule has 0 aliphatic heterocycles. The first kappa shape index (κ1) is 32.3. The van der Waals surface area contributed by atoms with Crippen molar-refractivity contribution in [1.82, 2.24) is 10.2 Å². The summed E-state index contributed by atoms with van der Waals surface area (Å²) in [6, 6.07) is 23.0. The van der Waals surface area contributed by atoms with Crippen molar-refractivity contribution in [3.63, 3.8) is 0 Å². The summed E-state index contributed by atoms with van der Waals surface area (Å²) in [6.45, 7) is 6.29. The van der Waals surface area contributed by atoms with Gasteiger partial charge in [-0.2, -0.15) is 0 Å². The molecule has 1 N–H and O–H groups in total. The normalized spacial score (nSPS) is 14.3. The topological polar surface area (TPSA) is 86.8 Å². The van der Waals surface area contributed by atoms with E-state index in [0.717, 1.165) is 53.5 Å². The molecule has 1 aliphatic rings. The Morgan fingerprint density at radius 2 is 1.56 bits per heavy atom. The van der Waals surface area contributed by atoms with Crippen molar-refractivity contribution in [2.24, 2.45) is 0 Å². The Kier molecular flexibility index (Phi) is 11.0. The summed E-state index contributed by atoms with van der Waals surface area (Å²) in [7, 11) is -3.57. The third kappa shape index (κ3) is 9.17. The van der Waals surface area contributed by atoms with Crippen LogP contribution in [-0.4, -0.2) is 50.0 Å². The summed E-state index contributed by atoms with van der Waals surface area (Å²) in [6.07, 6.45) is 6.13. The van der Waals surface area contributed by atoms with E-state index in [4.69, 9.17) is 0 Å². The summed E-state index contributed by atoms with van der Waals surface area (Å²) < 4.78 is 27.0. The quantitative estimate of drug-likeness (QED) is 0.265. The number of carbonyl (C=O) groups is 2. The van der Waals surface area contributed by atoms with Crippen LogP contribution in [0.2, 0.25) is 0 Å². The summed E-state index contributed by atoms with van der Waals surface area (Å²) in [5.41, 5.74) is 5.46. The van der Waals surface area contributed by atoms with Crippen LogP contribution in [-0.2, 0) is 32.6 Å². The fourth-order valence-corrected chi connectivity index (χ4v) is 6.91. The van der Waals surface area contributed by atoms with Gasteiger partial charge in [-0.3, -0.25) is 13.9 Å². The van der Waals surface area contributed by atoms with Crippen LogP contribution >= 0.6 is 0 Å². The van der Waals surface area contributed by atoms with Gasteiger partial charge in [0.2, 0.25) is 21.8 Å². The molecule has 4 rings (SSSR count). The fraction of sp³-hybridized carbons (Fsp3) is 0.429. The van der Waals surface area contributed by atoms with Gasteiger partial charge in [0.25, 0.3) is 0 Å². The molecule has 43 heavy (non-hydrogen) atoms. The Hall–Kier alpha value is -3.65. The molecular weight excluding hydrogens is 558 g/mol. The fourth-order valence-electron chi connectivity index (χ4n) is 5.90. The number of benzene rings is 3. The third-order valence-corrected chi connectivity index (χ3v) is 9.37. The van der Waals surface area contributed by atoms with E-state index in [-0.39, 0.29) is 30.8 Å². The Labute approximate surface area is 257 Å². The average Bonchev–Trinajstić information content (AvgIpc) is 3.47. The van der Waals surface area contributed by atoms with E-state index in [2.05, 4.69) is 5.32 Å². The minimum absolute atomic E-state index is 0.116. The van der Waals surface area contributed by atoms with Crippen LogP contribution in [0.1, 0.15) is 66.3 Å². The highest BCUT2D eigenvalue weighted by Crippen LogP contribution is 2.25. The number of aryl methyl sites for hydroxylation is 3. The third-order valence-electron chi connectivity index (χ3n) is 8.19. The van der Waals surface area contributed by atoms with E-state index in [1.165, 1.54) is 10.6 Å². The number of anilines is 1. The molecule has 0 aromatic heterocycles. The number of rotatable bonds is 13. The second kappa shape index (κ2) is 14.7. The first-order valence-corrected chi connectivity index (χ1v) is 17.1. The molecule has 1 atom stereocenters. The van der Waals surface area contributed by atoms with Crippen LogP contribution in [0.3, 0.4) is 0 Å². The highest BCUT2D eigenvalue weighted by atomic mass is 32.2. The number of nitrogens with one attached hydrogen (secondary N) is 1. The molecule has 8 heteroatoms. The number of nitrogens with zero attached hydrogens (tertiary/aromatic N) is 2. The van der Waals surface area contributed by atoms with Gasteiger partial charge in [0.1, 0.15) is 6.04 Å². The molecular formula is C35H45N3O4S. The molecule has 1 saturated carbocycles. The molecule has 3 aromatic rings. The average molecular weight is 604 g/mol. The maximum absolute atomic E-state index is 14.1. The first-order valence-electron chi connectivity index (χ1n) is 15.3. The van der Waals surface area contributed by atoms with E-state index in [9.17, 15) is 18.0 Å². The van der Waals surface area contributed by atoms with Crippen molar-refractivity contribution in [2.75, 3.05) is 17.1 Å². The molecule has 1 fully saturated rings. The first-order chi connectivity index (χ1) is 20.5. The van der Waals surface area contributed by atoms with Crippen molar-refractivity contribution in [1.29, 1.82) is 0 Å². The van der Waals surface area contributed by atoms with Crippen LogP contribution in [0.25, 0.3) is 0 Å². The minimum atomic E-state index is -3.57. The van der Waals surface area contributed by atoms with Crippen LogP contribution in [0.4, 0.5) is 5.69 Å². The standard InChI is InChI=1S/C35H45N3O4S/c1-26-12-10-15-30(22-26)25-37(33(24-29-13-6-5-7-14-29)35(40)36-31-16-8-9-17-31)34(39)18-11-21-38(43(4,41)42)32-23-27(2)19-20-28(32)3/h5-7,10,12-15,19-20,22-23,31,33H,8-9,11,16-18,21,24-25H2,1-4H3,(H,36,40)/t33-/m0/s1. The van der Waals surface area contributed by atoms with Crippen molar-refractivity contribution < 1.29 is 18.0 Å². The number of sulfonamides is 1. The molecule has 0 heterocycles. The Bertz CT molecular complexity index is 1500. The van der Waals surface area contributed by atoms with Crippen molar-refractivity contribution in [2.45, 2.75) is 84.3 Å². The van der Waals surface area contributed by atoms with Gasteiger partial charge in [-0.25, -0.2) is 8.42 Å². The van der Waals surface area contributed by atoms with E-state index < -0.39 is 16.1 Å². The molecule has 0 radical (unpaired) electrons. The van der Waals surface area contributed by atoms with Gasteiger partial charge in [0, 0.05) is 32.0 Å². The van der Waals surface area contributed by atoms with Gasteiger partial charge in [-0.1, -0.05) is 85.1 Å². The monoisotopic (exact) mass is 603 g/mol. The Balaban J connectivity index is 1.60. The lowest BCUT2D eigenvalue weighted by Crippen LogP contribution is -2.52. The van der Waals surface area contributed by atoms with Gasteiger partial charge in [0.05, 0.1) is 11.9 Å². The lowest BCUT2D eigenvalue weighted by atomic mass is 10.0. The van der Waals surface area contributed by atoms with E-state index in [1.54, 1.807) is 4.90 Å². The van der Waals surface area contributed by atoms with Crippen molar-refractivity contribution >= 4 is 27.5 Å². The summed E-state index contributed by atoms with van der Waals surface area (Å²) in [5.74, 6) is -0.302. The van der Waals surface area contributed by atoms with E-state index >= 15 is 0 Å². The zero-order valence-corrected chi connectivity index (χ0v) is 26.7. The summed E-state index contributed by atoms with van der Waals surface area (Å²) >= 11 is 0. The largest absolute Gasteiger partial charge is 0.352 e. The van der Waals surface area contributed by atoms with E-state index in [1.807, 2.05) is 93.6 Å². The second-order valence-electron chi connectivity index (χ2n) is 11.9. The number of hydrogen-bond acceptors (Lipinski definition) is 4. The molecule has 0 unspecified atom stereocenters. The highest BCUT2D eigenvalue weighted by Gasteiger charge is 2.32. The maximum atomic E-state index is 14.1. The van der Waals surface area contributed by atoms with Gasteiger partial charge in [-0.05, 0) is 68.4 Å². The van der Waals surface area contributed by atoms with Gasteiger partial charge in [0.15, 0.2) is 0 Å². The molecule has 230 valence electrons. The SMILES string of the molecule is Cc1cccc(CN(C(=O)CCCN(c2cc(C)ccc2C)S(C)(=O)=O)[C@@H](Cc2ccccc2)C(=O)NC2CCCC2)c1. The molecule has 0 bridgehead atoms. The maximum Gasteiger partial charge on any atom is 0.243 e. The molecule has 1 aliphatic carbocycles. The molecule has 3 aromatic carbocycles. The van der Waals surface area contributed by atoms with Crippen LogP contribution in [0.5, 0.6) is 0 Å². The smallest absolute Gasteiger partial charge is 0.243 e. The number of hydrogen-bond donors (Lipinski definition) is 1. The molecule has 0 spiro atoms. The van der Waals surface area contributed by atoms with Crippen LogP contribution in [0, 0.1) is 20.8 Å². The Morgan fingerprint density at radius 3 is 2.23 bits per heavy atom. The zero-order valence-electron chi connectivity index (χ0n) is 25.9. The van der Waals surface area contributed by atoms with Crippen LogP contribution < -0.4 is 9.62 Å². The lowest BCUT2D eigenvalue weighted by molar-refractivity contribution is -0.141. The minimum Gasteiger partial charge on any atom is -0.352 e. The van der Waals surface area contributed by atoms with Gasteiger partial charge >= 0.3 is 0 Å². The summed E-state index contributed by atoms with van der Waals surface area (Å²) in [4.78, 5) is 29.7.